The molecule has 2 N–H and O–H groups in total. The van der Waals surface area contributed by atoms with Crippen molar-refractivity contribution >= 4 is 35.1 Å². The molecule has 174 valence electrons. The summed E-state index contributed by atoms with van der Waals surface area (Å²) in [5.41, 5.74) is -1.58. The van der Waals surface area contributed by atoms with Crippen LogP contribution in [0.25, 0.3) is 0 Å². The van der Waals surface area contributed by atoms with Crippen molar-refractivity contribution in [2.45, 2.75) is 88.5 Å². The van der Waals surface area contributed by atoms with E-state index in [0.29, 0.717) is 12.8 Å². The lowest BCUT2D eigenvalue weighted by atomic mass is 9.88. The summed E-state index contributed by atoms with van der Waals surface area (Å²) >= 11 is 0. The van der Waals surface area contributed by atoms with Gasteiger partial charge in [-0.1, -0.05) is 62.3 Å². The number of carboxylic acid groups (broad SMARTS) is 2. The second-order valence-electron chi connectivity index (χ2n) is 10.0. The van der Waals surface area contributed by atoms with Crippen LogP contribution in [0.3, 0.4) is 0 Å². The van der Waals surface area contributed by atoms with E-state index < -0.39 is 28.6 Å². The molecule has 0 amide bonds. The summed E-state index contributed by atoms with van der Waals surface area (Å²) in [6, 6.07) is 0. The number of ketones is 4. The van der Waals surface area contributed by atoms with Gasteiger partial charge in [-0.3, -0.25) is 19.2 Å². The lowest BCUT2D eigenvalue weighted by molar-refractivity contribution is -0.152. The first-order valence-electron chi connectivity index (χ1n) is 9.59. The molecule has 0 aliphatic rings. The predicted octanol–water partition coefficient (Wildman–Crippen LogP) is 3.73. The Hall–Kier alpha value is -2.38. The molecule has 0 aromatic heterocycles. The zero-order chi connectivity index (χ0) is 25.1. The first-order valence-corrected chi connectivity index (χ1v) is 9.59. The fraction of sp³-hybridized carbons (Fsp3) is 0.727. The van der Waals surface area contributed by atoms with E-state index in [4.69, 9.17) is 10.2 Å². The average Bonchev–Trinajstić information content (AvgIpc) is 2.49. The maximum atomic E-state index is 11.2. The van der Waals surface area contributed by atoms with Crippen molar-refractivity contribution in [1.29, 1.82) is 0 Å². The number of carbonyl (C=O) groups excluding carboxylic acids is 4. The van der Waals surface area contributed by atoms with Gasteiger partial charge in [-0.05, 0) is 6.92 Å². The van der Waals surface area contributed by atoms with Crippen LogP contribution >= 0.6 is 0 Å². The molecule has 0 rings (SSSR count). The minimum absolute atomic E-state index is 0.0857. The van der Waals surface area contributed by atoms with E-state index in [1.54, 1.807) is 41.5 Å². The quantitative estimate of drug-likeness (QED) is 0.479. The Balaban J connectivity index is -0.000000366. The van der Waals surface area contributed by atoms with Gasteiger partial charge in [0.2, 0.25) is 5.78 Å². The van der Waals surface area contributed by atoms with Crippen molar-refractivity contribution in [1.82, 2.24) is 0 Å². The summed E-state index contributed by atoms with van der Waals surface area (Å²) in [5, 5.41) is 16.4. The first kappa shape index (κ1) is 32.3. The van der Waals surface area contributed by atoms with Crippen LogP contribution in [0.1, 0.15) is 88.5 Å². The largest absolute Gasteiger partial charge is 0.481 e. The number of aliphatic carboxylic acids is 2. The van der Waals surface area contributed by atoms with Gasteiger partial charge in [0, 0.05) is 29.1 Å². The van der Waals surface area contributed by atoms with E-state index in [1.165, 1.54) is 6.92 Å². The Bertz CT molecular complexity index is 638. The standard InChI is InChI=1S/C9H16O2.C7H12O3.C6H10O3/c1-7(10)5-6-8(11)9(2,3)4;1-7(2,3)5(8)4-6(9)10;1-6(2,3)4(7)5(8)9/h5-6H2,1-4H3;4H2,1-3H3,(H,9,10);1-3H3,(H,8,9). The molecular weight excluding hydrogens is 392 g/mol. The van der Waals surface area contributed by atoms with E-state index in [-0.39, 0.29) is 29.2 Å². The molecule has 0 heterocycles. The molecule has 0 aromatic carbocycles. The third-order valence-corrected chi connectivity index (χ3v) is 3.56. The molecule has 0 spiro atoms. The maximum Gasteiger partial charge on any atom is 0.372 e. The molecule has 0 radical (unpaired) electrons. The molecule has 0 saturated carbocycles. The number of Topliss-reactive ketones (excluding diaryl/α,β-unsaturated/α-hetero) is 4. The van der Waals surface area contributed by atoms with Gasteiger partial charge >= 0.3 is 11.9 Å². The fourth-order valence-electron chi connectivity index (χ4n) is 1.39. The lowest BCUT2D eigenvalue weighted by Gasteiger charge is -2.15. The SMILES string of the molecule is CC(=O)CCC(=O)C(C)(C)C.CC(C)(C)C(=O)C(=O)O.CC(C)(C)C(=O)CC(=O)O. The zero-order valence-corrected chi connectivity index (χ0v) is 20.0. The van der Waals surface area contributed by atoms with Crippen LogP contribution < -0.4 is 0 Å². The Morgan fingerprint density at radius 3 is 1.10 bits per heavy atom. The summed E-state index contributed by atoms with van der Waals surface area (Å²) in [5.74, 6) is -3.15. The molecule has 0 aromatic rings. The summed E-state index contributed by atoms with van der Waals surface area (Å²) in [4.78, 5) is 63.2. The van der Waals surface area contributed by atoms with Crippen LogP contribution in [-0.2, 0) is 28.8 Å². The molecule has 8 nitrogen and oxygen atoms in total. The molecule has 30 heavy (non-hydrogen) atoms. The summed E-state index contributed by atoms with van der Waals surface area (Å²) in [7, 11) is 0. The molecule has 0 aliphatic heterocycles. The number of carbonyl (C=O) groups is 6. The molecular formula is C22H38O8. The second kappa shape index (κ2) is 13.0. The number of hydrogen-bond donors (Lipinski definition) is 2. The van der Waals surface area contributed by atoms with E-state index >= 15 is 0 Å². The van der Waals surface area contributed by atoms with Crippen LogP contribution in [0.4, 0.5) is 0 Å². The van der Waals surface area contributed by atoms with Crippen LogP contribution in [0.15, 0.2) is 0 Å². The van der Waals surface area contributed by atoms with E-state index in [0.717, 1.165) is 0 Å². The zero-order valence-electron chi connectivity index (χ0n) is 20.0. The highest BCUT2D eigenvalue weighted by atomic mass is 16.4. The molecule has 8 heteroatoms. The predicted molar refractivity (Wildman–Crippen MR) is 113 cm³/mol. The van der Waals surface area contributed by atoms with E-state index in [9.17, 15) is 28.8 Å². The Morgan fingerprint density at radius 1 is 0.600 bits per heavy atom. The lowest BCUT2D eigenvalue weighted by Crippen LogP contribution is -2.27. The highest BCUT2D eigenvalue weighted by Crippen LogP contribution is 2.17. The minimum Gasteiger partial charge on any atom is -0.481 e. The van der Waals surface area contributed by atoms with Gasteiger partial charge in [0.1, 0.15) is 23.8 Å². The molecule has 0 saturated heterocycles. The van der Waals surface area contributed by atoms with Gasteiger partial charge < -0.3 is 15.0 Å². The molecule has 0 unspecified atom stereocenters. The second-order valence-corrected chi connectivity index (χ2v) is 10.0. The minimum atomic E-state index is -1.36. The van der Waals surface area contributed by atoms with Crippen LogP contribution in [0.2, 0.25) is 0 Å². The van der Waals surface area contributed by atoms with Crippen molar-refractivity contribution < 1.29 is 39.0 Å². The van der Waals surface area contributed by atoms with Gasteiger partial charge in [0.05, 0.1) is 0 Å². The molecule has 0 aliphatic carbocycles. The normalized spacial score (nSPS) is 11.1. The van der Waals surface area contributed by atoms with Gasteiger partial charge in [0.25, 0.3) is 0 Å². The van der Waals surface area contributed by atoms with Crippen molar-refractivity contribution in [3.8, 4) is 0 Å². The van der Waals surface area contributed by atoms with Crippen molar-refractivity contribution in [2.24, 2.45) is 16.2 Å². The van der Waals surface area contributed by atoms with E-state index in [2.05, 4.69) is 0 Å². The number of rotatable bonds is 6. The summed E-state index contributed by atoms with van der Waals surface area (Å²) in [6.07, 6.45) is 0.401. The Kier molecular flexibility index (Phi) is 14.0. The van der Waals surface area contributed by atoms with Gasteiger partial charge in [-0.15, -0.1) is 0 Å². The van der Waals surface area contributed by atoms with Crippen molar-refractivity contribution in [3.05, 3.63) is 0 Å². The van der Waals surface area contributed by atoms with Crippen LogP contribution in [-0.4, -0.2) is 45.3 Å². The van der Waals surface area contributed by atoms with Crippen LogP contribution in [0.5, 0.6) is 0 Å². The number of hydrogen-bond acceptors (Lipinski definition) is 6. The van der Waals surface area contributed by atoms with E-state index in [1.807, 2.05) is 20.8 Å². The molecule has 0 atom stereocenters. The molecule has 0 bridgehead atoms. The summed E-state index contributed by atoms with van der Waals surface area (Å²) < 4.78 is 0. The Labute approximate surface area is 179 Å². The van der Waals surface area contributed by atoms with Crippen LogP contribution in [0, 0.1) is 16.2 Å². The Morgan fingerprint density at radius 2 is 0.967 bits per heavy atom. The monoisotopic (exact) mass is 430 g/mol. The van der Waals surface area contributed by atoms with Gasteiger partial charge in [-0.25, -0.2) is 4.79 Å². The third kappa shape index (κ3) is 19.0. The van der Waals surface area contributed by atoms with Crippen molar-refractivity contribution in [3.63, 3.8) is 0 Å². The third-order valence-electron chi connectivity index (χ3n) is 3.56. The highest BCUT2D eigenvalue weighted by Gasteiger charge is 2.27. The highest BCUT2D eigenvalue weighted by molar-refractivity contribution is 6.34. The maximum absolute atomic E-state index is 11.2. The fourth-order valence-corrected chi connectivity index (χ4v) is 1.39. The smallest absolute Gasteiger partial charge is 0.372 e. The van der Waals surface area contributed by atoms with Crippen molar-refractivity contribution in [2.75, 3.05) is 0 Å². The van der Waals surface area contributed by atoms with Gasteiger partial charge in [-0.2, -0.15) is 0 Å². The first-order chi connectivity index (χ1) is 13.0. The summed E-state index contributed by atoms with van der Waals surface area (Å²) in [6.45, 7) is 17.0. The average molecular weight is 431 g/mol. The van der Waals surface area contributed by atoms with Gasteiger partial charge in [0.15, 0.2) is 0 Å². The number of carboxylic acids is 2. The topological polar surface area (TPSA) is 143 Å². The molecule has 0 fully saturated rings.